The van der Waals surface area contributed by atoms with Crippen LogP contribution in [-0.2, 0) is 25.5 Å². The molecule has 0 unspecified atom stereocenters. The van der Waals surface area contributed by atoms with Gasteiger partial charge in [0, 0.05) is 25.2 Å². The topological polar surface area (TPSA) is 158 Å². The molecule has 3 N–H and O–H groups in total. The molecule has 1 aromatic heterocycles. The standard InChI is InChI=1S/C45H49N7O6/c1-25(2)40(50-45(56)58-5)43(54)52-19-7-9-39(52)41-48-35-17-15-32(23-36(35)49-41)30-13-12-27-20-29(11-10-28(27)21-30)31-14-16-34-33(22-31)24-37(47-34)38-8-6-18-51(38)42(53)26(3)46-44(55)57-4/h10-17,20-23,25-26,38-40H,6-9,18-19,24H2,1-5H3,(H,46,55)(H,48,49)(H,50,56)/t26-,38-,39-,40-/m0/s1. The summed E-state index contributed by atoms with van der Waals surface area (Å²) in [5.74, 6) is 0.378. The van der Waals surface area contributed by atoms with Gasteiger partial charge < -0.3 is 34.9 Å². The largest absolute Gasteiger partial charge is 0.453 e. The summed E-state index contributed by atoms with van der Waals surface area (Å²) in [5, 5.41) is 7.57. The van der Waals surface area contributed by atoms with E-state index in [1.165, 1.54) is 14.2 Å². The SMILES string of the molecule is COC(=O)N[C@@H](C)C(=O)N1CCC[C@H]1C1=Nc2ccc(-c3ccc4cc(-c5ccc6nc([C@@H]7CCCN7C(=O)[C@@H](NC(=O)OC)C(C)C)[nH]c6c5)ccc4c3)cc2C1. The molecular formula is C45H49N7O6. The highest BCUT2D eigenvalue weighted by molar-refractivity contribution is 6.01. The Kier molecular flexibility index (Phi) is 10.6. The molecule has 2 saturated heterocycles. The van der Waals surface area contributed by atoms with Gasteiger partial charge >= 0.3 is 12.2 Å². The van der Waals surface area contributed by atoms with Crippen LogP contribution in [0.1, 0.15) is 63.9 Å². The van der Waals surface area contributed by atoms with Crippen molar-refractivity contribution in [2.24, 2.45) is 10.9 Å². The van der Waals surface area contributed by atoms with E-state index < -0.39 is 24.3 Å². The predicted molar refractivity (Wildman–Crippen MR) is 223 cm³/mol. The van der Waals surface area contributed by atoms with Gasteiger partial charge in [-0.15, -0.1) is 0 Å². The fraction of sp³-hybridized carbons (Fsp3) is 0.378. The smallest absolute Gasteiger partial charge is 0.407 e. The fourth-order valence-corrected chi connectivity index (χ4v) is 8.69. The van der Waals surface area contributed by atoms with Crippen LogP contribution >= 0.6 is 0 Å². The number of benzene rings is 4. The van der Waals surface area contributed by atoms with Crippen LogP contribution in [0.15, 0.2) is 77.8 Å². The summed E-state index contributed by atoms with van der Waals surface area (Å²) < 4.78 is 9.46. The molecular weight excluding hydrogens is 735 g/mol. The van der Waals surface area contributed by atoms with Crippen LogP contribution in [0.3, 0.4) is 0 Å². The highest BCUT2D eigenvalue weighted by Gasteiger charge is 2.38. The third-order valence-electron chi connectivity index (χ3n) is 11.8. The summed E-state index contributed by atoms with van der Waals surface area (Å²) in [6.45, 7) is 6.73. The lowest BCUT2D eigenvalue weighted by Gasteiger charge is -2.29. The molecule has 13 nitrogen and oxygen atoms in total. The quantitative estimate of drug-likeness (QED) is 0.140. The number of aromatic nitrogens is 2. The van der Waals surface area contributed by atoms with E-state index in [9.17, 15) is 19.2 Å². The second-order valence-corrected chi connectivity index (χ2v) is 15.8. The van der Waals surface area contributed by atoms with Crippen LogP contribution < -0.4 is 10.6 Å². The summed E-state index contributed by atoms with van der Waals surface area (Å²) in [7, 11) is 2.58. The summed E-state index contributed by atoms with van der Waals surface area (Å²) in [4.78, 5) is 67.7. The number of rotatable bonds is 9. The molecule has 4 aromatic carbocycles. The van der Waals surface area contributed by atoms with Gasteiger partial charge in [0.1, 0.15) is 17.9 Å². The molecule has 5 aromatic rings. The fourth-order valence-electron chi connectivity index (χ4n) is 8.69. The number of hydrogen-bond acceptors (Lipinski definition) is 8. The first-order valence-electron chi connectivity index (χ1n) is 20.1. The number of hydrogen-bond donors (Lipinski definition) is 3. The predicted octanol–water partition coefficient (Wildman–Crippen LogP) is 7.46. The molecule has 3 aliphatic rings. The number of nitrogens with zero attached hydrogens (tertiary/aromatic N) is 4. The van der Waals surface area contributed by atoms with Crippen molar-refractivity contribution in [1.82, 2.24) is 30.4 Å². The molecule has 13 heteroatoms. The van der Waals surface area contributed by atoms with Crippen LogP contribution in [0.5, 0.6) is 0 Å². The van der Waals surface area contributed by atoms with Gasteiger partial charge in [-0.2, -0.15) is 0 Å². The Bertz CT molecular complexity index is 2460. The summed E-state index contributed by atoms with van der Waals surface area (Å²) in [6.07, 6.45) is 2.81. The maximum absolute atomic E-state index is 13.6. The number of methoxy groups -OCH3 is 2. The zero-order valence-electron chi connectivity index (χ0n) is 33.5. The van der Waals surface area contributed by atoms with Crippen molar-refractivity contribution in [2.75, 3.05) is 27.3 Å². The van der Waals surface area contributed by atoms with E-state index in [4.69, 9.17) is 14.7 Å². The molecule has 0 saturated carbocycles. The van der Waals surface area contributed by atoms with E-state index in [-0.39, 0.29) is 29.8 Å². The van der Waals surface area contributed by atoms with E-state index in [0.717, 1.165) is 92.5 Å². The molecule has 4 heterocycles. The lowest BCUT2D eigenvalue weighted by atomic mass is 9.95. The number of alkyl carbamates (subject to hydrolysis) is 2. The van der Waals surface area contributed by atoms with Crippen LogP contribution in [0.4, 0.5) is 15.3 Å². The molecule has 3 aliphatic heterocycles. The lowest BCUT2D eigenvalue weighted by Crippen LogP contribution is -2.51. The molecule has 0 aliphatic carbocycles. The van der Waals surface area contributed by atoms with Gasteiger partial charge in [-0.25, -0.2) is 14.6 Å². The van der Waals surface area contributed by atoms with Crippen LogP contribution in [0, 0.1) is 5.92 Å². The van der Waals surface area contributed by atoms with Crippen molar-refractivity contribution in [3.63, 3.8) is 0 Å². The van der Waals surface area contributed by atoms with Gasteiger partial charge in [-0.3, -0.25) is 14.6 Å². The molecule has 0 bridgehead atoms. The molecule has 300 valence electrons. The van der Waals surface area contributed by atoms with E-state index in [2.05, 4.69) is 87.1 Å². The monoisotopic (exact) mass is 783 g/mol. The third kappa shape index (κ3) is 7.48. The molecule has 4 amide bonds. The Labute approximate surface area is 337 Å². The highest BCUT2D eigenvalue weighted by atomic mass is 16.5. The van der Waals surface area contributed by atoms with Crippen molar-refractivity contribution in [1.29, 1.82) is 0 Å². The Morgan fingerprint density at radius 1 is 0.724 bits per heavy atom. The molecule has 4 atom stereocenters. The first-order valence-corrected chi connectivity index (χ1v) is 20.1. The van der Waals surface area contributed by atoms with Gasteiger partial charge in [0.25, 0.3) is 0 Å². The summed E-state index contributed by atoms with van der Waals surface area (Å²) >= 11 is 0. The van der Waals surface area contributed by atoms with E-state index in [0.29, 0.717) is 19.5 Å². The minimum Gasteiger partial charge on any atom is -0.453 e. The van der Waals surface area contributed by atoms with Crippen molar-refractivity contribution in [3.05, 3.63) is 84.2 Å². The molecule has 0 spiro atoms. The zero-order valence-corrected chi connectivity index (χ0v) is 33.5. The van der Waals surface area contributed by atoms with Crippen LogP contribution in [-0.4, -0.2) is 94.9 Å². The Hall–Kier alpha value is -6.24. The second-order valence-electron chi connectivity index (χ2n) is 15.8. The Balaban J connectivity index is 0.965. The third-order valence-corrected chi connectivity index (χ3v) is 11.8. The van der Waals surface area contributed by atoms with Crippen molar-refractivity contribution in [2.45, 2.75) is 77.0 Å². The maximum atomic E-state index is 13.6. The van der Waals surface area contributed by atoms with E-state index in [1.807, 2.05) is 29.7 Å². The summed E-state index contributed by atoms with van der Waals surface area (Å²) in [6, 6.07) is 23.9. The number of imidazole rings is 1. The van der Waals surface area contributed by atoms with Crippen LogP contribution in [0.2, 0.25) is 0 Å². The van der Waals surface area contributed by atoms with Crippen molar-refractivity contribution < 1.29 is 28.7 Å². The van der Waals surface area contributed by atoms with Crippen LogP contribution in [0.25, 0.3) is 44.1 Å². The summed E-state index contributed by atoms with van der Waals surface area (Å²) in [5.41, 5.74) is 9.16. The Morgan fingerprint density at radius 2 is 1.31 bits per heavy atom. The van der Waals surface area contributed by atoms with Gasteiger partial charge in [-0.1, -0.05) is 50.2 Å². The number of aliphatic imine (C=N–C) groups is 1. The lowest BCUT2D eigenvalue weighted by molar-refractivity contribution is -0.135. The number of nitrogens with one attached hydrogen (secondary N) is 3. The zero-order chi connectivity index (χ0) is 40.7. The number of fused-ring (bicyclic) bond motifs is 3. The van der Waals surface area contributed by atoms with Gasteiger partial charge in [0.2, 0.25) is 11.8 Å². The second kappa shape index (κ2) is 16.0. The molecule has 58 heavy (non-hydrogen) atoms. The number of ether oxygens (including phenoxy) is 2. The number of amides is 4. The van der Waals surface area contributed by atoms with Gasteiger partial charge in [0.15, 0.2) is 0 Å². The average molecular weight is 784 g/mol. The minimum atomic E-state index is -0.688. The Morgan fingerprint density at radius 3 is 1.98 bits per heavy atom. The average Bonchev–Trinajstić information content (AvgIpc) is 4.06. The van der Waals surface area contributed by atoms with Gasteiger partial charge in [0.05, 0.1) is 43.0 Å². The van der Waals surface area contributed by atoms with Crippen molar-refractivity contribution >= 4 is 57.2 Å². The van der Waals surface area contributed by atoms with Crippen molar-refractivity contribution in [3.8, 4) is 22.3 Å². The highest BCUT2D eigenvalue weighted by Crippen LogP contribution is 2.37. The molecule has 0 radical (unpaired) electrons. The number of carbonyl (C=O) groups excluding carboxylic acids is 4. The first kappa shape index (κ1) is 38.6. The molecule has 2 fully saturated rings. The number of H-pyrrole nitrogens is 1. The number of likely N-dealkylation sites (tertiary alicyclic amines) is 2. The van der Waals surface area contributed by atoms with E-state index >= 15 is 0 Å². The number of carbonyl (C=O) groups is 4. The molecule has 8 rings (SSSR count). The number of aromatic amines is 1. The first-order chi connectivity index (χ1) is 28.0. The van der Waals surface area contributed by atoms with E-state index in [1.54, 1.807) is 6.92 Å². The normalized spacial score (nSPS) is 18.6. The minimum absolute atomic E-state index is 0.0923. The maximum Gasteiger partial charge on any atom is 0.407 e. The van der Waals surface area contributed by atoms with Gasteiger partial charge in [-0.05, 0) is 114 Å².